The van der Waals surface area contributed by atoms with E-state index in [-0.39, 0.29) is 42.8 Å². The fourth-order valence-corrected chi connectivity index (χ4v) is 8.79. The topological polar surface area (TPSA) is 129 Å². The van der Waals surface area contributed by atoms with Crippen LogP contribution in [0.1, 0.15) is 33.1 Å². The number of fused-ring (bicyclic) bond motifs is 2. The highest BCUT2D eigenvalue weighted by atomic mass is 32.2. The fraction of sp³-hybridized carbons (Fsp3) is 0.577. The average molecular weight is 528 g/mol. The summed E-state index contributed by atoms with van der Waals surface area (Å²) in [6.45, 7) is 7.86. The molecule has 37 heavy (non-hydrogen) atoms. The Morgan fingerprint density at radius 3 is 2.78 bits per heavy atom. The zero-order chi connectivity index (χ0) is 26.5. The van der Waals surface area contributed by atoms with Gasteiger partial charge in [0, 0.05) is 11.8 Å². The minimum absolute atomic E-state index is 0.106. The molecular formula is C26H33N5O5S. The van der Waals surface area contributed by atoms with Crippen molar-refractivity contribution in [1.29, 1.82) is 0 Å². The number of nitrogens with zero attached hydrogens (tertiary/aromatic N) is 5. The predicted molar refractivity (Wildman–Crippen MR) is 138 cm³/mol. The van der Waals surface area contributed by atoms with Gasteiger partial charge in [-0.05, 0) is 37.3 Å². The Labute approximate surface area is 219 Å². The van der Waals surface area contributed by atoms with Gasteiger partial charge in [-0.2, -0.15) is 0 Å². The molecule has 198 valence electrons. The fourth-order valence-electron chi connectivity index (χ4n) is 6.60. The lowest BCUT2D eigenvalue weighted by molar-refractivity contribution is -0.150. The van der Waals surface area contributed by atoms with E-state index in [0.29, 0.717) is 24.8 Å². The first-order chi connectivity index (χ1) is 17.7. The van der Waals surface area contributed by atoms with Crippen LogP contribution in [0.5, 0.6) is 0 Å². The van der Waals surface area contributed by atoms with Crippen LogP contribution in [0.4, 0.5) is 0 Å². The number of likely N-dealkylation sites (tertiary alicyclic amines) is 1. The van der Waals surface area contributed by atoms with E-state index in [0.717, 1.165) is 5.52 Å². The molecule has 0 saturated carbocycles. The second-order valence-corrected chi connectivity index (χ2v) is 12.3. The normalized spacial score (nSPS) is 29.2. The number of aliphatic carboxylic acids is 1. The Kier molecular flexibility index (Phi) is 6.78. The highest BCUT2D eigenvalue weighted by Crippen LogP contribution is 2.66. The summed E-state index contributed by atoms with van der Waals surface area (Å²) in [6.07, 6.45) is 3.37. The van der Waals surface area contributed by atoms with Crippen molar-refractivity contribution in [2.75, 3.05) is 13.2 Å². The van der Waals surface area contributed by atoms with Gasteiger partial charge in [0.05, 0.1) is 34.7 Å². The SMILES string of the molecule is C=CCN(Cn1nnc2ccccc21)C(=O)C1N([C@@H](CO)CC(C)C)C(=O)[C@@H]2[C@H](C(=O)O)[C@@H]3CCC12S3. The van der Waals surface area contributed by atoms with Crippen molar-refractivity contribution in [2.45, 2.75) is 61.9 Å². The van der Waals surface area contributed by atoms with E-state index >= 15 is 0 Å². The van der Waals surface area contributed by atoms with Crippen LogP contribution >= 0.6 is 11.8 Å². The molecule has 3 fully saturated rings. The molecular weight excluding hydrogens is 494 g/mol. The third-order valence-corrected chi connectivity index (χ3v) is 9.94. The molecule has 3 aliphatic heterocycles. The summed E-state index contributed by atoms with van der Waals surface area (Å²) < 4.78 is 0.806. The van der Waals surface area contributed by atoms with Gasteiger partial charge in [-0.3, -0.25) is 14.4 Å². The van der Waals surface area contributed by atoms with Crippen LogP contribution in [-0.4, -0.2) is 88.0 Å². The molecule has 2 bridgehead atoms. The summed E-state index contributed by atoms with van der Waals surface area (Å²) in [5, 5.41) is 28.6. The van der Waals surface area contributed by atoms with Crippen LogP contribution in [-0.2, 0) is 21.1 Å². The highest BCUT2D eigenvalue weighted by molar-refractivity contribution is 8.02. The standard InChI is InChI=1S/C26H33N5O5S/c1-4-11-29(14-30-18-8-6-5-7-17(18)27-28-30)24(34)22-26-10-9-19(37-26)20(25(35)36)21(26)23(33)31(22)16(13-32)12-15(2)3/h4-8,15-16,19-22,32H,1,9-14H2,2-3H3,(H,35,36)/t16-,19+,20-,21+,22?,26?/m1/s1. The number of aromatic nitrogens is 3. The van der Waals surface area contributed by atoms with Crippen molar-refractivity contribution in [1.82, 2.24) is 24.8 Å². The van der Waals surface area contributed by atoms with E-state index in [4.69, 9.17) is 0 Å². The number of benzene rings is 1. The molecule has 2 N–H and O–H groups in total. The Bertz CT molecular complexity index is 1230. The van der Waals surface area contributed by atoms with Crippen molar-refractivity contribution in [3.05, 3.63) is 36.9 Å². The summed E-state index contributed by atoms with van der Waals surface area (Å²) in [5.74, 6) is -3.06. The van der Waals surface area contributed by atoms with E-state index in [2.05, 4.69) is 16.9 Å². The van der Waals surface area contributed by atoms with Crippen molar-refractivity contribution in [3.8, 4) is 0 Å². The van der Waals surface area contributed by atoms with Crippen LogP contribution in [0.3, 0.4) is 0 Å². The first-order valence-electron chi connectivity index (χ1n) is 12.7. The molecule has 0 radical (unpaired) electrons. The minimum atomic E-state index is -0.994. The van der Waals surface area contributed by atoms with E-state index in [9.17, 15) is 24.6 Å². The molecule has 11 heteroatoms. The molecule has 3 aliphatic rings. The molecule has 6 atom stereocenters. The lowest BCUT2D eigenvalue weighted by atomic mass is 9.71. The number of amides is 2. The Balaban J connectivity index is 1.56. The minimum Gasteiger partial charge on any atom is -0.481 e. The van der Waals surface area contributed by atoms with Gasteiger partial charge in [0.15, 0.2) is 0 Å². The third-order valence-electron chi connectivity index (χ3n) is 7.99. The van der Waals surface area contributed by atoms with Crippen LogP contribution in [0.25, 0.3) is 11.0 Å². The second kappa shape index (κ2) is 9.75. The summed E-state index contributed by atoms with van der Waals surface area (Å²) in [4.78, 5) is 43.8. The Hall–Kier alpha value is -2.92. The number of carbonyl (C=O) groups excluding carboxylic acids is 2. The van der Waals surface area contributed by atoms with E-state index < -0.39 is 34.6 Å². The maximum atomic E-state index is 14.4. The zero-order valence-corrected chi connectivity index (χ0v) is 21.9. The highest BCUT2D eigenvalue weighted by Gasteiger charge is 2.74. The monoisotopic (exact) mass is 527 g/mol. The lowest BCUT2D eigenvalue weighted by Crippen LogP contribution is -2.57. The molecule has 1 aromatic carbocycles. The van der Waals surface area contributed by atoms with E-state index in [1.54, 1.807) is 15.7 Å². The molecule has 5 rings (SSSR count). The van der Waals surface area contributed by atoms with Crippen molar-refractivity contribution < 1.29 is 24.6 Å². The predicted octanol–water partition coefficient (Wildman–Crippen LogP) is 1.99. The summed E-state index contributed by atoms with van der Waals surface area (Å²) in [5.41, 5.74) is 1.48. The maximum absolute atomic E-state index is 14.4. The number of carboxylic acids is 1. The quantitative estimate of drug-likeness (QED) is 0.449. The third kappa shape index (κ3) is 4.03. The zero-order valence-electron chi connectivity index (χ0n) is 21.1. The number of hydrogen-bond donors (Lipinski definition) is 2. The van der Waals surface area contributed by atoms with Gasteiger partial charge >= 0.3 is 5.97 Å². The molecule has 3 saturated heterocycles. The first kappa shape index (κ1) is 25.7. The van der Waals surface area contributed by atoms with Crippen LogP contribution in [0.2, 0.25) is 0 Å². The number of aliphatic hydroxyl groups excluding tert-OH is 1. The number of hydrogen-bond acceptors (Lipinski definition) is 7. The van der Waals surface area contributed by atoms with E-state index in [1.807, 2.05) is 38.1 Å². The smallest absolute Gasteiger partial charge is 0.308 e. The molecule has 4 heterocycles. The summed E-state index contributed by atoms with van der Waals surface area (Å²) in [6, 6.07) is 6.01. The molecule has 2 amide bonds. The lowest BCUT2D eigenvalue weighted by Gasteiger charge is -2.40. The van der Waals surface area contributed by atoms with Crippen molar-refractivity contribution >= 4 is 40.6 Å². The second-order valence-electron chi connectivity index (χ2n) is 10.7. The van der Waals surface area contributed by atoms with Gasteiger partial charge in [-0.25, -0.2) is 4.68 Å². The number of carbonyl (C=O) groups is 3. The number of rotatable bonds is 10. The summed E-state index contributed by atoms with van der Waals surface area (Å²) >= 11 is 1.49. The van der Waals surface area contributed by atoms with Crippen molar-refractivity contribution in [3.63, 3.8) is 0 Å². The first-order valence-corrected chi connectivity index (χ1v) is 13.6. The molecule has 2 unspecified atom stereocenters. The Morgan fingerprint density at radius 2 is 2.11 bits per heavy atom. The molecule has 1 aromatic heterocycles. The van der Waals surface area contributed by atoms with Gasteiger partial charge in [-0.1, -0.05) is 37.3 Å². The maximum Gasteiger partial charge on any atom is 0.308 e. The van der Waals surface area contributed by atoms with Gasteiger partial charge in [0.1, 0.15) is 18.2 Å². The number of carboxylic acid groups (broad SMARTS) is 1. The van der Waals surface area contributed by atoms with Crippen LogP contribution < -0.4 is 0 Å². The molecule has 0 aliphatic carbocycles. The van der Waals surface area contributed by atoms with Gasteiger partial charge < -0.3 is 20.0 Å². The summed E-state index contributed by atoms with van der Waals surface area (Å²) in [7, 11) is 0. The van der Waals surface area contributed by atoms with Gasteiger partial charge in [0.2, 0.25) is 11.8 Å². The molecule has 2 aromatic rings. The largest absolute Gasteiger partial charge is 0.481 e. The van der Waals surface area contributed by atoms with Crippen LogP contribution in [0.15, 0.2) is 36.9 Å². The van der Waals surface area contributed by atoms with E-state index in [1.165, 1.54) is 16.7 Å². The molecule has 1 spiro atoms. The van der Waals surface area contributed by atoms with Gasteiger partial charge in [0.25, 0.3) is 0 Å². The average Bonchev–Trinajstić information content (AvgIpc) is 3.61. The number of para-hydroxylation sites is 1. The molecule has 10 nitrogen and oxygen atoms in total. The van der Waals surface area contributed by atoms with Crippen molar-refractivity contribution in [2.24, 2.45) is 17.8 Å². The number of thioether (sulfide) groups is 1. The number of aliphatic hydroxyl groups is 1. The Morgan fingerprint density at radius 1 is 1.35 bits per heavy atom. The van der Waals surface area contributed by atoms with Gasteiger partial charge in [-0.15, -0.1) is 23.4 Å². The van der Waals surface area contributed by atoms with Crippen LogP contribution in [0, 0.1) is 17.8 Å².